The van der Waals surface area contributed by atoms with Crippen molar-refractivity contribution in [1.29, 1.82) is 0 Å². The van der Waals surface area contributed by atoms with Crippen LogP contribution in [0.4, 0.5) is 44.7 Å². The lowest BCUT2D eigenvalue weighted by molar-refractivity contribution is -0.380. The molecule has 0 saturated carbocycles. The Hall–Kier alpha value is -2.30. The molecule has 0 saturated heterocycles. The zero-order valence-corrected chi connectivity index (χ0v) is 24.6. The van der Waals surface area contributed by atoms with Gasteiger partial charge in [-0.2, -0.15) is 35.1 Å². The first kappa shape index (κ1) is 41.7. The monoisotopic (exact) mass is 670 g/mol. The molecule has 0 rings (SSSR count). The maximum Gasteiger partial charge on any atom is 0.409 e. The summed E-state index contributed by atoms with van der Waals surface area (Å²) < 4.78 is 142. The molecular formula is C23H38F8N2O11. The molecule has 0 fully saturated rings. The largest absolute Gasteiger partial charge is 0.422 e. The van der Waals surface area contributed by atoms with Crippen LogP contribution in [-0.4, -0.2) is 115 Å². The van der Waals surface area contributed by atoms with Crippen molar-refractivity contribution >= 4 is 12.2 Å². The van der Waals surface area contributed by atoms with E-state index in [1.807, 2.05) is 0 Å². The van der Waals surface area contributed by atoms with Gasteiger partial charge in [0.15, 0.2) is 13.6 Å². The second-order valence-corrected chi connectivity index (χ2v) is 9.28. The van der Waals surface area contributed by atoms with E-state index in [0.29, 0.717) is 0 Å². The van der Waals surface area contributed by atoms with Gasteiger partial charge in [-0.3, -0.25) is 9.47 Å². The quantitative estimate of drug-likeness (QED) is 0.0873. The van der Waals surface area contributed by atoms with Crippen LogP contribution in [0, 0.1) is 0 Å². The molecule has 0 radical (unpaired) electrons. The third-order valence-corrected chi connectivity index (χ3v) is 4.20. The van der Waals surface area contributed by atoms with Gasteiger partial charge >= 0.3 is 36.6 Å². The van der Waals surface area contributed by atoms with Crippen LogP contribution in [0.3, 0.4) is 0 Å². The molecule has 0 aliphatic heterocycles. The number of carbonyl (C=O) groups excluding carboxylic acids is 2. The molecular weight excluding hydrogens is 632 g/mol. The van der Waals surface area contributed by atoms with Gasteiger partial charge in [0.2, 0.25) is 0 Å². The van der Waals surface area contributed by atoms with Crippen molar-refractivity contribution in [1.82, 2.24) is 10.6 Å². The Bertz CT molecular complexity index is 820. The van der Waals surface area contributed by atoms with Crippen molar-refractivity contribution in [3.05, 3.63) is 0 Å². The highest BCUT2D eigenvalue weighted by Gasteiger charge is 2.42. The Morgan fingerprint density at radius 1 is 0.614 bits per heavy atom. The van der Waals surface area contributed by atoms with Gasteiger partial charge in [-0.25, -0.2) is 9.59 Å². The first-order valence-electron chi connectivity index (χ1n) is 12.8. The molecule has 0 bridgehead atoms. The molecule has 0 aliphatic carbocycles. The number of carbonyl (C=O) groups is 2. The summed E-state index contributed by atoms with van der Waals surface area (Å²) in [4.78, 5) is 23.2. The Balaban J connectivity index is 3.86. The third-order valence-electron chi connectivity index (χ3n) is 4.20. The fraction of sp³-hybridized carbons (Fsp3) is 0.913. The van der Waals surface area contributed by atoms with Crippen molar-refractivity contribution in [3.8, 4) is 0 Å². The number of alkyl carbamates (subject to hydrolysis) is 2. The van der Waals surface area contributed by atoms with E-state index in [1.165, 1.54) is 0 Å². The average molecular weight is 671 g/mol. The van der Waals surface area contributed by atoms with E-state index in [9.17, 15) is 44.7 Å². The zero-order valence-electron chi connectivity index (χ0n) is 24.6. The fourth-order valence-corrected chi connectivity index (χ4v) is 2.65. The number of ether oxygens (including phenoxy) is 9. The minimum atomic E-state index is -4.29. The van der Waals surface area contributed by atoms with Crippen molar-refractivity contribution in [2.24, 2.45) is 0 Å². The molecule has 2 amide bonds. The van der Waals surface area contributed by atoms with Gasteiger partial charge in [-0.1, -0.05) is 0 Å². The molecule has 0 aliphatic rings. The summed E-state index contributed by atoms with van der Waals surface area (Å²) in [5.74, 6) is 0. The molecule has 3 unspecified atom stereocenters. The molecule has 0 spiro atoms. The smallest absolute Gasteiger partial charge is 0.409 e. The van der Waals surface area contributed by atoms with Crippen molar-refractivity contribution in [2.75, 3.05) is 59.8 Å². The van der Waals surface area contributed by atoms with Crippen LogP contribution < -0.4 is 10.6 Å². The lowest BCUT2D eigenvalue weighted by atomic mass is 10.3. The zero-order chi connectivity index (χ0) is 34.0. The molecule has 0 heterocycles. The maximum atomic E-state index is 13.1. The van der Waals surface area contributed by atoms with Gasteiger partial charge in [-0.05, 0) is 20.8 Å². The summed E-state index contributed by atoms with van der Waals surface area (Å²) in [6.07, 6.45) is -19.2. The Kier molecular flexibility index (Phi) is 18.9. The van der Waals surface area contributed by atoms with Crippen LogP contribution in [0.25, 0.3) is 0 Å². The molecule has 0 aromatic carbocycles. The minimum Gasteiger partial charge on any atom is -0.422 e. The van der Waals surface area contributed by atoms with E-state index < -0.39 is 81.6 Å². The van der Waals surface area contributed by atoms with Gasteiger partial charge < -0.3 is 43.8 Å². The topological polar surface area (TPSA) is 141 Å². The van der Waals surface area contributed by atoms with Crippen LogP contribution in [0.15, 0.2) is 0 Å². The van der Waals surface area contributed by atoms with Gasteiger partial charge in [-0.15, -0.1) is 0 Å². The highest BCUT2D eigenvalue weighted by atomic mass is 19.3. The summed E-state index contributed by atoms with van der Waals surface area (Å²) in [5.41, 5.74) is 0. The van der Waals surface area contributed by atoms with E-state index >= 15 is 0 Å². The van der Waals surface area contributed by atoms with E-state index in [4.69, 9.17) is 14.2 Å². The number of rotatable bonds is 24. The van der Waals surface area contributed by atoms with E-state index in [1.54, 1.807) is 20.8 Å². The number of alkyl halides is 8. The maximum absolute atomic E-state index is 13.1. The molecule has 13 nitrogen and oxygen atoms in total. The summed E-state index contributed by atoms with van der Waals surface area (Å²) in [6, 6.07) is -1.14. The summed E-state index contributed by atoms with van der Waals surface area (Å²) in [5, 5.41) is 4.66. The van der Waals surface area contributed by atoms with E-state index in [2.05, 4.69) is 39.1 Å². The lowest BCUT2D eigenvalue weighted by Crippen LogP contribution is -2.38. The highest BCUT2D eigenvalue weighted by Crippen LogP contribution is 2.27. The highest BCUT2D eigenvalue weighted by molar-refractivity contribution is 5.67. The van der Waals surface area contributed by atoms with E-state index in [0.717, 1.165) is 0 Å². The third kappa shape index (κ3) is 26.1. The summed E-state index contributed by atoms with van der Waals surface area (Å²) in [7, 11) is 0. The number of hydrogen-bond acceptors (Lipinski definition) is 11. The first-order valence-corrected chi connectivity index (χ1v) is 12.8. The Morgan fingerprint density at radius 2 is 1.00 bits per heavy atom. The minimum absolute atomic E-state index is 0.0175. The average Bonchev–Trinajstić information content (AvgIpc) is 2.82. The summed E-state index contributed by atoms with van der Waals surface area (Å²) >= 11 is 0. The molecule has 3 atom stereocenters. The van der Waals surface area contributed by atoms with Crippen LogP contribution in [0.1, 0.15) is 34.6 Å². The van der Waals surface area contributed by atoms with Gasteiger partial charge in [0.25, 0.3) is 0 Å². The molecule has 2 N–H and O–H groups in total. The predicted octanol–water partition coefficient (Wildman–Crippen LogP) is 4.05. The Morgan fingerprint density at radius 3 is 1.41 bits per heavy atom. The van der Waals surface area contributed by atoms with E-state index in [-0.39, 0.29) is 46.9 Å². The molecule has 262 valence electrons. The van der Waals surface area contributed by atoms with Crippen LogP contribution in [-0.2, 0) is 42.6 Å². The van der Waals surface area contributed by atoms with Crippen molar-refractivity contribution in [2.45, 2.75) is 77.2 Å². The second kappa shape index (κ2) is 20.0. The van der Waals surface area contributed by atoms with Crippen LogP contribution >= 0.6 is 0 Å². The number of hydrogen-bond donors (Lipinski definition) is 2. The Labute approximate surface area is 248 Å². The van der Waals surface area contributed by atoms with Gasteiger partial charge in [0.05, 0.1) is 51.2 Å². The van der Waals surface area contributed by atoms with Crippen LogP contribution in [0.5, 0.6) is 0 Å². The predicted molar refractivity (Wildman–Crippen MR) is 130 cm³/mol. The lowest BCUT2D eigenvalue weighted by Gasteiger charge is -2.21. The van der Waals surface area contributed by atoms with Crippen LogP contribution in [0.2, 0.25) is 0 Å². The molecule has 0 aromatic rings. The first-order chi connectivity index (χ1) is 20.1. The van der Waals surface area contributed by atoms with Crippen molar-refractivity contribution in [3.63, 3.8) is 0 Å². The summed E-state index contributed by atoms with van der Waals surface area (Å²) in [6.45, 7) is 0.479. The SMILES string of the molecule is CC(COCCOCC(C)OCC(C)NC(=O)OCOCC(F)(F)OC(C)(F)F)NC(=O)OCOCC(F)(F)OC(C)(F)F. The number of nitrogens with one attached hydrogen (secondary N) is 2. The molecule has 0 aromatic heterocycles. The normalized spacial score (nSPS) is 14.9. The van der Waals surface area contributed by atoms with Crippen molar-refractivity contribution < 1.29 is 87.3 Å². The van der Waals surface area contributed by atoms with Gasteiger partial charge in [0, 0.05) is 13.8 Å². The second-order valence-electron chi connectivity index (χ2n) is 9.28. The fourth-order valence-electron chi connectivity index (χ4n) is 2.65. The molecule has 21 heteroatoms. The standard InChI is InChI=1S/C23H38F8N2O11/c1-15(32-18(34)41-13-38-11-22(28,29)43-20(4,24)25)8-36-6-7-37-10-17(3)40-9-16(2)33-19(35)42-14-39-12-23(30,31)44-21(5,26)27/h15-17H,6-14H2,1-5H3,(H,32,34)(H,33,35). The molecule has 44 heavy (non-hydrogen) atoms. The number of halogens is 8. The van der Waals surface area contributed by atoms with Gasteiger partial charge in [0.1, 0.15) is 13.2 Å². The number of amides is 2.